The number of sulfonamides is 1. The van der Waals surface area contributed by atoms with Gasteiger partial charge in [0, 0.05) is 0 Å². The number of nitrogens with one attached hydrogen (secondary N) is 2. The molecular weight excluding hydrogens is 335 g/mol. The van der Waals surface area contributed by atoms with Gasteiger partial charge in [-0.2, -0.15) is 4.72 Å². The Labute approximate surface area is 139 Å². The van der Waals surface area contributed by atoms with Crippen molar-refractivity contribution < 1.29 is 22.7 Å². The van der Waals surface area contributed by atoms with E-state index in [1.165, 1.54) is 31.2 Å². The Morgan fingerprint density at radius 3 is 2.50 bits per heavy atom. The standard InChI is InChI=1S/C16H17FN2O4S/c1-10-7-8-13(14(20)9-10)18-16(21)11(2)19-24(22,23)15-6-4-3-5-12(15)17/h3-9,11,19-20H,1-2H3,(H,18,21)/t11-/m0/s1. The number of hydrogen-bond donors (Lipinski definition) is 3. The summed E-state index contributed by atoms with van der Waals surface area (Å²) in [6.07, 6.45) is 0. The summed E-state index contributed by atoms with van der Waals surface area (Å²) in [5.41, 5.74) is 0.960. The van der Waals surface area contributed by atoms with Gasteiger partial charge >= 0.3 is 0 Å². The zero-order valence-corrected chi connectivity index (χ0v) is 13.9. The normalized spacial score (nSPS) is 12.6. The van der Waals surface area contributed by atoms with E-state index < -0.39 is 32.7 Å². The summed E-state index contributed by atoms with van der Waals surface area (Å²) in [4.78, 5) is 11.6. The fourth-order valence-electron chi connectivity index (χ4n) is 2.00. The van der Waals surface area contributed by atoms with Gasteiger partial charge in [-0.15, -0.1) is 0 Å². The number of hydrogen-bond acceptors (Lipinski definition) is 4. The number of rotatable bonds is 5. The predicted octanol–water partition coefficient (Wildman–Crippen LogP) is 2.15. The number of amides is 1. The van der Waals surface area contributed by atoms with Crippen molar-refractivity contribution in [3.63, 3.8) is 0 Å². The number of aromatic hydroxyl groups is 1. The Morgan fingerprint density at radius 1 is 1.21 bits per heavy atom. The van der Waals surface area contributed by atoms with Gasteiger partial charge in [0.1, 0.15) is 16.5 Å². The average molecular weight is 352 g/mol. The van der Waals surface area contributed by atoms with Crippen molar-refractivity contribution in [2.24, 2.45) is 0 Å². The third kappa shape index (κ3) is 4.09. The largest absolute Gasteiger partial charge is 0.506 e. The second-order valence-electron chi connectivity index (χ2n) is 5.28. The maximum Gasteiger partial charge on any atom is 0.244 e. The van der Waals surface area contributed by atoms with E-state index in [4.69, 9.17) is 0 Å². The number of benzene rings is 2. The quantitative estimate of drug-likeness (QED) is 0.719. The van der Waals surface area contributed by atoms with E-state index in [1.807, 2.05) is 0 Å². The molecule has 2 aromatic carbocycles. The molecule has 1 atom stereocenters. The third-order valence-corrected chi connectivity index (χ3v) is 4.84. The summed E-state index contributed by atoms with van der Waals surface area (Å²) >= 11 is 0. The molecule has 0 aliphatic carbocycles. The lowest BCUT2D eigenvalue weighted by molar-refractivity contribution is -0.117. The first-order valence-electron chi connectivity index (χ1n) is 7.08. The summed E-state index contributed by atoms with van der Waals surface area (Å²) in [6, 6.07) is 8.35. The highest BCUT2D eigenvalue weighted by Crippen LogP contribution is 2.24. The van der Waals surface area contributed by atoms with Gasteiger partial charge in [0.25, 0.3) is 0 Å². The van der Waals surface area contributed by atoms with Crippen LogP contribution in [0.5, 0.6) is 5.75 Å². The van der Waals surface area contributed by atoms with Crippen LogP contribution in [0.25, 0.3) is 0 Å². The van der Waals surface area contributed by atoms with E-state index in [-0.39, 0.29) is 11.4 Å². The SMILES string of the molecule is Cc1ccc(NC(=O)[C@H](C)NS(=O)(=O)c2ccccc2F)c(O)c1. The van der Waals surface area contributed by atoms with Crippen molar-refractivity contribution in [1.82, 2.24) is 4.72 Å². The molecule has 6 nitrogen and oxygen atoms in total. The first kappa shape index (κ1) is 17.9. The molecule has 0 saturated heterocycles. The monoisotopic (exact) mass is 352 g/mol. The van der Waals surface area contributed by atoms with Crippen LogP contribution in [0.3, 0.4) is 0 Å². The van der Waals surface area contributed by atoms with E-state index in [9.17, 15) is 22.7 Å². The minimum atomic E-state index is -4.19. The minimum Gasteiger partial charge on any atom is -0.506 e. The second kappa shape index (κ2) is 6.98. The first-order valence-corrected chi connectivity index (χ1v) is 8.56. The van der Waals surface area contributed by atoms with Gasteiger partial charge in [0.15, 0.2) is 0 Å². The molecule has 0 radical (unpaired) electrons. The van der Waals surface area contributed by atoms with Crippen LogP contribution in [0.2, 0.25) is 0 Å². The van der Waals surface area contributed by atoms with Crippen LogP contribution in [0.1, 0.15) is 12.5 Å². The van der Waals surface area contributed by atoms with Gasteiger partial charge in [-0.05, 0) is 43.7 Å². The van der Waals surface area contributed by atoms with Crippen molar-refractivity contribution >= 4 is 21.6 Å². The molecule has 0 saturated carbocycles. The summed E-state index contributed by atoms with van der Waals surface area (Å²) in [5.74, 6) is -1.73. The number of carbonyl (C=O) groups is 1. The second-order valence-corrected chi connectivity index (χ2v) is 6.97. The van der Waals surface area contributed by atoms with Crippen LogP contribution < -0.4 is 10.0 Å². The number of halogens is 1. The first-order chi connectivity index (χ1) is 11.2. The number of phenolic OH excluding ortho intramolecular Hbond substituents is 1. The van der Waals surface area contributed by atoms with Gasteiger partial charge in [-0.25, -0.2) is 12.8 Å². The molecule has 8 heteroatoms. The summed E-state index contributed by atoms with van der Waals surface area (Å²) in [7, 11) is -4.19. The summed E-state index contributed by atoms with van der Waals surface area (Å²) in [6.45, 7) is 3.09. The van der Waals surface area contributed by atoms with Gasteiger partial charge in [-0.1, -0.05) is 18.2 Å². The maximum atomic E-state index is 13.6. The van der Waals surface area contributed by atoms with Crippen LogP contribution in [0.4, 0.5) is 10.1 Å². The minimum absolute atomic E-state index is 0.132. The Balaban J connectivity index is 2.12. The third-order valence-electron chi connectivity index (χ3n) is 3.26. The molecule has 3 N–H and O–H groups in total. The van der Waals surface area contributed by atoms with E-state index in [1.54, 1.807) is 13.0 Å². The molecular formula is C16H17FN2O4S. The molecule has 24 heavy (non-hydrogen) atoms. The zero-order chi connectivity index (χ0) is 17.9. The van der Waals surface area contributed by atoms with Crippen molar-refractivity contribution in [2.75, 3.05) is 5.32 Å². The fraction of sp³-hybridized carbons (Fsp3) is 0.188. The Hall–Kier alpha value is -2.45. The van der Waals surface area contributed by atoms with Gasteiger partial charge < -0.3 is 10.4 Å². The highest BCUT2D eigenvalue weighted by atomic mass is 32.2. The summed E-state index contributed by atoms with van der Waals surface area (Å²) in [5, 5.41) is 12.2. The highest BCUT2D eigenvalue weighted by Gasteiger charge is 2.24. The van der Waals surface area contributed by atoms with Crippen molar-refractivity contribution in [2.45, 2.75) is 24.8 Å². The van der Waals surface area contributed by atoms with Crippen molar-refractivity contribution in [1.29, 1.82) is 0 Å². The van der Waals surface area contributed by atoms with Gasteiger partial charge in [-0.3, -0.25) is 4.79 Å². The van der Waals surface area contributed by atoms with Gasteiger partial charge in [0.05, 0.1) is 11.7 Å². The Kier molecular flexibility index (Phi) is 5.20. The number of aryl methyl sites for hydroxylation is 1. The molecule has 0 spiro atoms. The van der Waals surface area contributed by atoms with E-state index in [0.717, 1.165) is 17.7 Å². The maximum absolute atomic E-state index is 13.6. The van der Waals surface area contributed by atoms with Crippen molar-refractivity contribution in [3.05, 3.63) is 53.8 Å². The number of phenols is 1. The highest BCUT2D eigenvalue weighted by molar-refractivity contribution is 7.89. The smallest absolute Gasteiger partial charge is 0.244 e. The summed E-state index contributed by atoms with van der Waals surface area (Å²) < 4.78 is 40.0. The molecule has 128 valence electrons. The molecule has 0 unspecified atom stereocenters. The molecule has 2 rings (SSSR count). The topological polar surface area (TPSA) is 95.5 Å². The number of anilines is 1. The lowest BCUT2D eigenvalue weighted by atomic mass is 10.2. The van der Waals surface area contributed by atoms with Crippen LogP contribution in [0, 0.1) is 12.7 Å². The van der Waals surface area contributed by atoms with E-state index >= 15 is 0 Å². The molecule has 1 amide bonds. The zero-order valence-electron chi connectivity index (χ0n) is 13.1. The van der Waals surface area contributed by atoms with E-state index in [0.29, 0.717) is 0 Å². The molecule has 0 fully saturated rings. The lowest BCUT2D eigenvalue weighted by Crippen LogP contribution is -2.41. The lowest BCUT2D eigenvalue weighted by Gasteiger charge is -2.15. The van der Waals surface area contributed by atoms with Crippen molar-refractivity contribution in [3.8, 4) is 5.75 Å². The molecule has 2 aromatic rings. The van der Waals surface area contributed by atoms with Gasteiger partial charge in [0.2, 0.25) is 15.9 Å². The Bertz CT molecular complexity index is 868. The number of carbonyl (C=O) groups excluding carboxylic acids is 1. The molecule has 0 aromatic heterocycles. The Morgan fingerprint density at radius 2 is 1.88 bits per heavy atom. The molecule has 0 bridgehead atoms. The average Bonchev–Trinajstić information content (AvgIpc) is 2.49. The predicted molar refractivity (Wildman–Crippen MR) is 87.7 cm³/mol. The van der Waals surface area contributed by atoms with Crippen LogP contribution in [0.15, 0.2) is 47.4 Å². The van der Waals surface area contributed by atoms with Crippen LogP contribution in [-0.2, 0) is 14.8 Å². The molecule has 0 heterocycles. The van der Waals surface area contributed by atoms with Crippen LogP contribution in [-0.4, -0.2) is 25.5 Å². The van der Waals surface area contributed by atoms with E-state index in [2.05, 4.69) is 10.0 Å². The van der Waals surface area contributed by atoms with Crippen LogP contribution >= 0.6 is 0 Å². The fourth-order valence-corrected chi connectivity index (χ4v) is 3.28. The molecule has 0 aliphatic heterocycles. The molecule has 0 aliphatic rings.